The van der Waals surface area contributed by atoms with Gasteiger partial charge in [0.1, 0.15) is 0 Å². The molecule has 0 saturated heterocycles. The summed E-state index contributed by atoms with van der Waals surface area (Å²) in [6, 6.07) is 6.10. The highest BCUT2D eigenvalue weighted by Gasteiger charge is 2.23. The van der Waals surface area contributed by atoms with Gasteiger partial charge in [0, 0.05) is 18.8 Å². The third-order valence-corrected chi connectivity index (χ3v) is 6.44. The predicted molar refractivity (Wildman–Crippen MR) is 106 cm³/mol. The molecular weight excluding hydrogens is 382 g/mol. The van der Waals surface area contributed by atoms with Gasteiger partial charge >= 0.3 is 0 Å². The average Bonchev–Trinajstić information content (AvgIpc) is 3.18. The zero-order chi connectivity index (χ0) is 20.9. The molecule has 0 bridgehead atoms. The van der Waals surface area contributed by atoms with E-state index in [1.165, 1.54) is 22.7 Å². The summed E-state index contributed by atoms with van der Waals surface area (Å²) < 4.78 is 31.9. The van der Waals surface area contributed by atoms with E-state index in [0.29, 0.717) is 18.8 Å². The summed E-state index contributed by atoms with van der Waals surface area (Å²) in [5.41, 5.74) is 1.88. The first-order valence-electron chi connectivity index (χ1n) is 8.93. The summed E-state index contributed by atoms with van der Waals surface area (Å²) >= 11 is 0. The summed E-state index contributed by atoms with van der Waals surface area (Å²) in [5.74, 6) is -0.877. The van der Waals surface area contributed by atoms with Crippen LogP contribution in [0.25, 0.3) is 0 Å². The number of furan rings is 1. The minimum Gasteiger partial charge on any atom is -0.459 e. The third kappa shape index (κ3) is 4.79. The highest BCUT2D eigenvalue weighted by atomic mass is 32.2. The number of rotatable bonds is 8. The standard InChI is InChI=1S/C19H25N3O5S/c1-5-22(6-2)28(25,26)15-10-13(3)14(4)16(11-15)21-18(23)12-20-19(24)17-8-7-9-27-17/h7-11H,5-6,12H2,1-4H3,(H,20,24)(H,21,23). The number of nitrogens with one attached hydrogen (secondary N) is 2. The lowest BCUT2D eigenvalue weighted by atomic mass is 10.1. The van der Waals surface area contributed by atoms with Gasteiger partial charge in [-0.1, -0.05) is 13.8 Å². The van der Waals surface area contributed by atoms with E-state index in [9.17, 15) is 18.0 Å². The lowest BCUT2D eigenvalue weighted by molar-refractivity contribution is -0.115. The first-order chi connectivity index (χ1) is 13.2. The van der Waals surface area contributed by atoms with Crippen molar-refractivity contribution < 1.29 is 22.4 Å². The van der Waals surface area contributed by atoms with E-state index >= 15 is 0 Å². The second kappa shape index (κ2) is 9.03. The van der Waals surface area contributed by atoms with Crippen molar-refractivity contribution >= 4 is 27.5 Å². The van der Waals surface area contributed by atoms with Crippen LogP contribution in [0.2, 0.25) is 0 Å². The Labute approximate surface area is 165 Å². The van der Waals surface area contributed by atoms with Gasteiger partial charge in [0.15, 0.2) is 5.76 Å². The predicted octanol–water partition coefficient (Wildman–Crippen LogP) is 2.30. The molecule has 0 unspecified atom stereocenters. The second-order valence-corrected chi connectivity index (χ2v) is 8.15. The van der Waals surface area contributed by atoms with Gasteiger partial charge in [0.05, 0.1) is 17.7 Å². The fraction of sp³-hybridized carbons (Fsp3) is 0.368. The Hall–Kier alpha value is -2.65. The zero-order valence-electron chi connectivity index (χ0n) is 16.4. The Morgan fingerprint density at radius 3 is 2.39 bits per heavy atom. The van der Waals surface area contributed by atoms with E-state index in [1.54, 1.807) is 39.8 Å². The molecule has 0 atom stereocenters. The van der Waals surface area contributed by atoms with Crippen LogP contribution in [0.3, 0.4) is 0 Å². The SMILES string of the molecule is CCN(CC)S(=O)(=O)c1cc(C)c(C)c(NC(=O)CNC(=O)c2ccco2)c1. The number of hydrogen-bond donors (Lipinski definition) is 2. The normalized spacial score (nSPS) is 11.5. The van der Waals surface area contributed by atoms with Crippen molar-refractivity contribution in [2.45, 2.75) is 32.6 Å². The van der Waals surface area contributed by atoms with Gasteiger partial charge in [-0.3, -0.25) is 9.59 Å². The van der Waals surface area contributed by atoms with Gasteiger partial charge in [0.25, 0.3) is 5.91 Å². The molecule has 0 aliphatic carbocycles. The van der Waals surface area contributed by atoms with E-state index in [1.807, 2.05) is 0 Å². The molecule has 0 aliphatic heterocycles. The Kier molecular flexibility index (Phi) is 6.98. The number of carbonyl (C=O) groups is 2. The molecule has 0 aliphatic rings. The quantitative estimate of drug-likeness (QED) is 0.698. The molecule has 1 heterocycles. The van der Waals surface area contributed by atoms with Crippen molar-refractivity contribution in [1.29, 1.82) is 0 Å². The third-order valence-electron chi connectivity index (χ3n) is 4.41. The molecule has 2 N–H and O–H groups in total. The summed E-state index contributed by atoms with van der Waals surface area (Å²) in [4.78, 5) is 24.2. The van der Waals surface area contributed by atoms with Crippen LogP contribution in [-0.2, 0) is 14.8 Å². The molecule has 1 aromatic heterocycles. The van der Waals surface area contributed by atoms with Gasteiger partial charge < -0.3 is 15.1 Å². The summed E-state index contributed by atoms with van der Waals surface area (Å²) in [7, 11) is -3.65. The van der Waals surface area contributed by atoms with Gasteiger partial charge in [0.2, 0.25) is 15.9 Å². The minimum atomic E-state index is -3.65. The van der Waals surface area contributed by atoms with Gasteiger partial charge in [-0.15, -0.1) is 0 Å². The van der Waals surface area contributed by atoms with Crippen molar-refractivity contribution in [1.82, 2.24) is 9.62 Å². The summed E-state index contributed by atoms with van der Waals surface area (Å²) in [6.45, 7) is 7.55. The van der Waals surface area contributed by atoms with Gasteiger partial charge in [-0.05, 0) is 49.2 Å². The Morgan fingerprint density at radius 1 is 1.14 bits per heavy atom. The maximum Gasteiger partial charge on any atom is 0.287 e. The van der Waals surface area contributed by atoms with Crippen LogP contribution in [0.4, 0.5) is 5.69 Å². The van der Waals surface area contributed by atoms with Crippen LogP contribution in [0.5, 0.6) is 0 Å². The van der Waals surface area contributed by atoms with E-state index in [2.05, 4.69) is 10.6 Å². The van der Waals surface area contributed by atoms with Crippen LogP contribution in [0.15, 0.2) is 39.8 Å². The van der Waals surface area contributed by atoms with E-state index in [-0.39, 0.29) is 17.2 Å². The number of nitrogens with zero attached hydrogens (tertiary/aromatic N) is 1. The Morgan fingerprint density at radius 2 is 1.82 bits per heavy atom. The van der Waals surface area contributed by atoms with Gasteiger partial charge in [-0.2, -0.15) is 4.31 Å². The molecule has 0 fully saturated rings. The van der Waals surface area contributed by atoms with E-state index in [0.717, 1.165) is 11.1 Å². The van der Waals surface area contributed by atoms with Crippen molar-refractivity contribution in [3.05, 3.63) is 47.4 Å². The first kappa shape index (κ1) is 21.6. The van der Waals surface area contributed by atoms with Crippen LogP contribution >= 0.6 is 0 Å². The number of aryl methyl sites for hydroxylation is 1. The second-order valence-electron chi connectivity index (χ2n) is 6.21. The summed E-state index contributed by atoms with van der Waals surface area (Å²) in [6.07, 6.45) is 1.36. The maximum atomic E-state index is 12.8. The molecule has 152 valence electrons. The lowest BCUT2D eigenvalue weighted by Gasteiger charge is -2.20. The minimum absolute atomic E-state index is 0.104. The first-order valence-corrected chi connectivity index (χ1v) is 10.4. The Bertz CT molecular complexity index is 948. The van der Waals surface area contributed by atoms with Crippen molar-refractivity contribution in [3.63, 3.8) is 0 Å². The lowest BCUT2D eigenvalue weighted by Crippen LogP contribution is -2.33. The number of anilines is 1. The number of carbonyl (C=O) groups excluding carboxylic acids is 2. The van der Waals surface area contributed by atoms with Crippen LogP contribution in [0.1, 0.15) is 35.5 Å². The smallest absolute Gasteiger partial charge is 0.287 e. The largest absolute Gasteiger partial charge is 0.459 e. The number of benzene rings is 1. The number of sulfonamides is 1. The fourth-order valence-electron chi connectivity index (χ4n) is 2.67. The monoisotopic (exact) mass is 407 g/mol. The molecule has 0 saturated carbocycles. The van der Waals surface area contributed by atoms with Crippen molar-refractivity contribution in [3.8, 4) is 0 Å². The molecule has 0 radical (unpaired) electrons. The number of amides is 2. The molecule has 0 spiro atoms. The van der Waals surface area contributed by atoms with E-state index in [4.69, 9.17) is 4.42 Å². The molecular formula is C19H25N3O5S. The molecule has 2 rings (SSSR count). The number of hydrogen-bond acceptors (Lipinski definition) is 5. The van der Waals surface area contributed by atoms with Crippen LogP contribution < -0.4 is 10.6 Å². The molecule has 2 amide bonds. The molecule has 9 heteroatoms. The average molecular weight is 407 g/mol. The van der Waals surface area contributed by atoms with Crippen molar-refractivity contribution in [2.24, 2.45) is 0 Å². The molecule has 28 heavy (non-hydrogen) atoms. The zero-order valence-corrected chi connectivity index (χ0v) is 17.2. The van der Waals surface area contributed by atoms with Crippen LogP contribution in [0, 0.1) is 13.8 Å². The maximum absolute atomic E-state index is 12.8. The molecule has 8 nitrogen and oxygen atoms in total. The van der Waals surface area contributed by atoms with E-state index < -0.39 is 21.8 Å². The topological polar surface area (TPSA) is 109 Å². The van der Waals surface area contributed by atoms with Crippen molar-refractivity contribution in [2.75, 3.05) is 25.0 Å². The fourth-order valence-corrected chi connectivity index (χ4v) is 4.24. The highest BCUT2D eigenvalue weighted by Crippen LogP contribution is 2.26. The van der Waals surface area contributed by atoms with Crippen LogP contribution in [-0.4, -0.2) is 44.2 Å². The molecule has 2 aromatic rings. The Balaban J connectivity index is 2.18. The van der Waals surface area contributed by atoms with Gasteiger partial charge in [-0.25, -0.2) is 8.42 Å². The molecule has 1 aromatic carbocycles. The summed E-state index contributed by atoms with van der Waals surface area (Å²) in [5, 5.41) is 5.12. The highest BCUT2D eigenvalue weighted by molar-refractivity contribution is 7.89.